The lowest BCUT2D eigenvalue weighted by Gasteiger charge is -2.32. The Kier molecular flexibility index (Phi) is 4.39. The zero-order chi connectivity index (χ0) is 16.6. The number of fused-ring (bicyclic) bond motifs is 1. The summed E-state index contributed by atoms with van der Waals surface area (Å²) >= 11 is 0. The highest BCUT2D eigenvalue weighted by Crippen LogP contribution is 2.32. The van der Waals surface area contributed by atoms with Crippen LogP contribution in [-0.2, 0) is 13.5 Å². The maximum Gasteiger partial charge on any atom is 0.318 e. The summed E-state index contributed by atoms with van der Waals surface area (Å²) in [6, 6.07) is 0.612. The smallest absolute Gasteiger partial charge is 0.318 e. The number of carbonyl (C=O) groups is 1. The van der Waals surface area contributed by atoms with Gasteiger partial charge in [0, 0.05) is 30.9 Å². The molecule has 1 aliphatic carbocycles. The molecule has 1 N–H and O–H groups in total. The third kappa shape index (κ3) is 3.54. The maximum atomic E-state index is 12.8. The van der Waals surface area contributed by atoms with E-state index in [1.54, 1.807) is 0 Å². The summed E-state index contributed by atoms with van der Waals surface area (Å²) < 4.78 is 1.95. The molecule has 2 amide bonds. The molecule has 1 aromatic rings. The van der Waals surface area contributed by atoms with E-state index in [1.165, 1.54) is 11.3 Å². The molecule has 1 aromatic heterocycles. The average Bonchev–Trinajstić information content (AvgIpc) is 3.05. The zero-order valence-electron chi connectivity index (χ0n) is 14.9. The fraction of sp³-hybridized carbons (Fsp3) is 0.778. The molecule has 2 unspecified atom stereocenters. The van der Waals surface area contributed by atoms with Crippen LogP contribution in [0.25, 0.3) is 0 Å². The number of carbonyl (C=O) groups excluding carboxylic acids is 1. The third-order valence-corrected chi connectivity index (χ3v) is 5.16. The summed E-state index contributed by atoms with van der Waals surface area (Å²) in [6.07, 6.45) is 8.45. The number of urea groups is 1. The van der Waals surface area contributed by atoms with Crippen molar-refractivity contribution in [1.29, 1.82) is 0 Å². The van der Waals surface area contributed by atoms with Crippen LogP contribution in [0.1, 0.15) is 70.2 Å². The first-order valence-electron chi connectivity index (χ1n) is 8.93. The monoisotopic (exact) mass is 318 g/mol. The fourth-order valence-electron chi connectivity index (χ4n) is 4.11. The molecule has 0 radical (unpaired) electrons. The number of rotatable bonds is 2. The first-order valence-corrected chi connectivity index (χ1v) is 8.93. The van der Waals surface area contributed by atoms with Gasteiger partial charge in [-0.05, 0) is 43.9 Å². The van der Waals surface area contributed by atoms with Crippen LogP contribution in [0.2, 0.25) is 0 Å². The van der Waals surface area contributed by atoms with Crippen LogP contribution in [0.3, 0.4) is 0 Å². The normalized spacial score (nSPS) is 24.6. The summed E-state index contributed by atoms with van der Waals surface area (Å²) in [5, 5.41) is 7.65. The third-order valence-electron chi connectivity index (χ3n) is 5.16. The van der Waals surface area contributed by atoms with E-state index in [-0.39, 0.29) is 17.5 Å². The predicted octanol–water partition coefficient (Wildman–Crippen LogP) is 3.41. The van der Waals surface area contributed by atoms with E-state index in [4.69, 9.17) is 0 Å². The van der Waals surface area contributed by atoms with Crippen molar-refractivity contribution in [2.24, 2.45) is 12.5 Å². The van der Waals surface area contributed by atoms with Crippen molar-refractivity contribution in [3.05, 3.63) is 17.5 Å². The van der Waals surface area contributed by atoms with Crippen LogP contribution in [0, 0.1) is 5.41 Å². The highest BCUT2D eigenvalue weighted by Gasteiger charge is 2.33. The Balaban J connectivity index is 1.67. The molecule has 23 heavy (non-hydrogen) atoms. The van der Waals surface area contributed by atoms with Crippen LogP contribution in [-0.4, -0.2) is 33.3 Å². The number of hydrogen-bond donors (Lipinski definition) is 1. The molecule has 0 aromatic carbocycles. The summed E-state index contributed by atoms with van der Waals surface area (Å²) in [5.74, 6) is 0. The van der Waals surface area contributed by atoms with Gasteiger partial charge in [-0.1, -0.05) is 20.8 Å². The van der Waals surface area contributed by atoms with Crippen molar-refractivity contribution in [3.63, 3.8) is 0 Å². The van der Waals surface area contributed by atoms with E-state index in [1.807, 2.05) is 17.9 Å². The molecule has 2 aliphatic rings. The molecule has 1 aliphatic heterocycles. The number of hydrogen-bond acceptors (Lipinski definition) is 2. The molecular weight excluding hydrogens is 288 g/mol. The Labute approximate surface area is 139 Å². The molecule has 5 nitrogen and oxygen atoms in total. The van der Waals surface area contributed by atoms with E-state index >= 15 is 0 Å². The minimum Gasteiger partial charge on any atom is -0.331 e. The molecule has 128 valence electrons. The van der Waals surface area contributed by atoms with Crippen molar-refractivity contribution in [1.82, 2.24) is 20.0 Å². The molecule has 0 saturated carbocycles. The van der Waals surface area contributed by atoms with Crippen LogP contribution in [0.5, 0.6) is 0 Å². The second kappa shape index (κ2) is 6.17. The van der Waals surface area contributed by atoms with Crippen molar-refractivity contribution in [2.75, 3.05) is 6.54 Å². The van der Waals surface area contributed by atoms with Gasteiger partial charge in [-0.2, -0.15) is 5.10 Å². The van der Waals surface area contributed by atoms with E-state index in [2.05, 4.69) is 36.1 Å². The van der Waals surface area contributed by atoms with Gasteiger partial charge >= 0.3 is 6.03 Å². The van der Waals surface area contributed by atoms with E-state index < -0.39 is 0 Å². The van der Waals surface area contributed by atoms with Crippen molar-refractivity contribution in [2.45, 2.75) is 71.4 Å². The Morgan fingerprint density at radius 2 is 2.13 bits per heavy atom. The Morgan fingerprint density at radius 3 is 2.87 bits per heavy atom. The maximum absolute atomic E-state index is 12.8. The minimum absolute atomic E-state index is 0.110. The average molecular weight is 318 g/mol. The second-order valence-corrected chi connectivity index (χ2v) is 8.32. The lowest BCUT2D eigenvalue weighted by Crippen LogP contribution is -2.45. The molecule has 2 atom stereocenters. The molecule has 2 heterocycles. The Bertz CT molecular complexity index is 572. The molecule has 1 fully saturated rings. The van der Waals surface area contributed by atoms with Crippen LogP contribution in [0.15, 0.2) is 6.20 Å². The minimum atomic E-state index is 0.110. The summed E-state index contributed by atoms with van der Waals surface area (Å²) in [7, 11) is 1.99. The van der Waals surface area contributed by atoms with Gasteiger partial charge in [-0.3, -0.25) is 4.68 Å². The van der Waals surface area contributed by atoms with Crippen LogP contribution in [0.4, 0.5) is 4.79 Å². The first-order chi connectivity index (χ1) is 10.8. The summed E-state index contributed by atoms with van der Waals surface area (Å²) in [4.78, 5) is 14.9. The van der Waals surface area contributed by atoms with Crippen molar-refractivity contribution in [3.8, 4) is 0 Å². The largest absolute Gasteiger partial charge is 0.331 e. The first kappa shape index (κ1) is 16.3. The number of nitrogens with zero attached hydrogens (tertiary/aromatic N) is 3. The second-order valence-electron chi connectivity index (χ2n) is 8.32. The molecule has 0 spiro atoms. The van der Waals surface area contributed by atoms with Crippen molar-refractivity contribution >= 4 is 6.03 Å². The van der Waals surface area contributed by atoms with Gasteiger partial charge < -0.3 is 10.2 Å². The summed E-state index contributed by atoms with van der Waals surface area (Å²) in [6.45, 7) is 7.65. The van der Waals surface area contributed by atoms with E-state index in [0.717, 1.165) is 45.1 Å². The van der Waals surface area contributed by atoms with E-state index in [9.17, 15) is 4.79 Å². The van der Waals surface area contributed by atoms with Gasteiger partial charge in [-0.15, -0.1) is 0 Å². The molecular formula is C18H30N4O. The summed E-state index contributed by atoms with van der Waals surface area (Å²) in [5.41, 5.74) is 2.74. The van der Waals surface area contributed by atoms with Gasteiger partial charge in [0.05, 0.1) is 12.2 Å². The Hall–Kier alpha value is -1.52. The molecule has 3 rings (SSSR count). The van der Waals surface area contributed by atoms with Crippen LogP contribution < -0.4 is 5.32 Å². The predicted molar refractivity (Wildman–Crippen MR) is 91.2 cm³/mol. The van der Waals surface area contributed by atoms with Crippen LogP contribution >= 0.6 is 0 Å². The van der Waals surface area contributed by atoms with Gasteiger partial charge in [0.15, 0.2) is 0 Å². The zero-order valence-corrected chi connectivity index (χ0v) is 14.9. The molecule has 1 saturated heterocycles. The van der Waals surface area contributed by atoms with Gasteiger partial charge in [0.2, 0.25) is 0 Å². The lowest BCUT2D eigenvalue weighted by molar-refractivity contribution is 0.170. The fourth-order valence-corrected chi connectivity index (χ4v) is 4.11. The Morgan fingerprint density at radius 1 is 1.35 bits per heavy atom. The van der Waals surface area contributed by atoms with Crippen molar-refractivity contribution < 1.29 is 4.79 Å². The lowest BCUT2D eigenvalue weighted by atomic mass is 9.87. The number of likely N-dealkylation sites (tertiary alicyclic amines) is 1. The quantitative estimate of drug-likeness (QED) is 0.908. The van der Waals surface area contributed by atoms with Gasteiger partial charge in [-0.25, -0.2) is 4.79 Å². The standard InChI is InChI=1S/C18H30N4O/c1-18(2,3)11-13-7-6-10-22(13)17(23)20-15-8-5-9-16-14(15)12-19-21(16)4/h12-13,15H,5-11H2,1-4H3,(H,20,23). The topological polar surface area (TPSA) is 50.2 Å². The molecule has 5 heteroatoms. The number of aromatic nitrogens is 2. The van der Waals surface area contributed by atoms with Gasteiger partial charge in [0.25, 0.3) is 0 Å². The SMILES string of the molecule is Cn1ncc2c1CCCC2NC(=O)N1CCCC1CC(C)(C)C. The van der Waals surface area contributed by atoms with Gasteiger partial charge in [0.1, 0.15) is 0 Å². The molecule has 0 bridgehead atoms. The van der Waals surface area contributed by atoms with E-state index in [0.29, 0.717) is 6.04 Å². The number of aryl methyl sites for hydroxylation is 1. The highest BCUT2D eigenvalue weighted by atomic mass is 16.2. The highest BCUT2D eigenvalue weighted by molar-refractivity contribution is 5.75. The number of nitrogens with one attached hydrogen (secondary N) is 1. The number of amides is 2.